The standard InChI is InChI=1S/C25H30N2O3/c1-18(15-16-20-9-4-3-5-10-20)27-25(29)19(2)30-24(28)14-8-11-21-17-26-23-13-7-6-12-22(21)23/h3-7,9-10,12-13,17-19,26H,8,11,14-16H2,1-2H3,(H,27,29)/t18-,19-/m0/s1. The molecule has 1 amide bonds. The molecule has 158 valence electrons. The van der Waals surface area contributed by atoms with Crippen molar-refractivity contribution in [2.24, 2.45) is 0 Å². The zero-order valence-corrected chi connectivity index (χ0v) is 17.7. The average molecular weight is 407 g/mol. The highest BCUT2D eigenvalue weighted by Crippen LogP contribution is 2.19. The molecule has 2 atom stereocenters. The van der Waals surface area contributed by atoms with Crippen LogP contribution in [0.15, 0.2) is 60.8 Å². The Morgan fingerprint density at radius 2 is 1.73 bits per heavy atom. The van der Waals surface area contributed by atoms with Gasteiger partial charge in [-0.1, -0.05) is 48.5 Å². The van der Waals surface area contributed by atoms with Crippen molar-refractivity contribution in [1.82, 2.24) is 10.3 Å². The summed E-state index contributed by atoms with van der Waals surface area (Å²) in [6.45, 7) is 3.59. The van der Waals surface area contributed by atoms with Crippen LogP contribution in [0.3, 0.4) is 0 Å². The highest BCUT2D eigenvalue weighted by atomic mass is 16.5. The molecule has 0 saturated heterocycles. The van der Waals surface area contributed by atoms with Gasteiger partial charge in [0.1, 0.15) is 0 Å². The molecular formula is C25H30N2O3. The third kappa shape index (κ3) is 6.21. The van der Waals surface area contributed by atoms with Crippen molar-refractivity contribution in [3.05, 3.63) is 71.9 Å². The molecule has 1 aromatic heterocycles. The normalized spacial score (nSPS) is 13.0. The summed E-state index contributed by atoms with van der Waals surface area (Å²) in [6.07, 6.45) is 4.69. The van der Waals surface area contributed by atoms with Gasteiger partial charge >= 0.3 is 5.97 Å². The number of fused-ring (bicyclic) bond motifs is 1. The molecule has 0 aliphatic rings. The van der Waals surface area contributed by atoms with E-state index in [0.29, 0.717) is 12.8 Å². The lowest BCUT2D eigenvalue weighted by atomic mass is 10.1. The number of hydrogen-bond acceptors (Lipinski definition) is 3. The maximum atomic E-state index is 12.3. The van der Waals surface area contributed by atoms with Gasteiger partial charge in [0.2, 0.25) is 0 Å². The summed E-state index contributed by atoms with van der Waals surface area (Å²) >= 11 is 0. The Bertz CT molecular complexity index is 965. The van der Waals surface area contributed by atoms with Crippen LogP contribution in [-0.2, 0) is 27.2 Å². The van der Waals surface area contributed by atoms with E-state index in [1.165, 1.54) is 16.5 Å². The molecule has 0 bridgehead atoms. The Kier molecular flexibility index (Phi) is 7.66. The third-order valence-electron chi connectivity index (χ3n) is 5.28. The van der Waals surface area contributed by atoms with Gasteiger partial charge in [0.25, 0.3) is 5.91 Å². The topological polar surface area (TPSA) is 71.2 Å². The van der Waals surface area contributed by atoms with Crippen LogP contribution in [0.4, 0.5) is 0 Å². The first-order valence-electron chi connectivity index (χ1n) is 10.6. The number of nitrogens with one attached hydrogen (secondary N) is 2. The summed E-state index contributed by atoms with van der Waals surface area (Å²) in [4.78, 5) is 27.7. The van der Waals surface area contributed by atoms with Crippen LogP contribution in [-0.4, -0.2) is 29.0 Å². The monoisotopic (exact) mass is 406 g/mol. The minimum Gasteiger partial charge on any atom is -0.453 e. The van der Waals surface area contributed by atoms with Crippen LogP contribution in [0.2, 0.25) is 0 Å². The van der Waals surface area contributed by atoms with E-state index in [1.54, 1.807) is 6.92 Å². The molecule has 2 aromatic carbocycles. The number of aryl methyl sites for hydroxylation is 2. The van der Waals surface area contributed by atoms with Crippen molar-refractivity contribution in [2.75, 3.05) is 0 Å². The number of aromatic nitrogens is 1. The SMILES string of the molecule is C[C@H](OC(=O)CCCc1c[nH]c2ccccc12)C(=O)N[C@@H](C)CCc1ccccc1. The van der Waals surface area contributed by atoms with Gasteiger partial charge < -0.3 is 15.0 Å². The first-order valence-corrected chi connectivity index (χ1v) is 10.6. The minimum atomic E-state index is -0.787. The van der Waals surface area contributed by atoms with Gasteiger partial charge in [-0.05, 0) is 56.7 Å². The van der Waals surface area contributed by atoms with Crippen molar-refractivity contribution in [3.63, 3.8) is 0 Å². The summed E-state index contributed by atoms with van der Waals surface area (Å²) in [7, 11) is 0. The molecule has 5 nitrogen and oxygen atoms in total. The number of H-pyrrole nitrogens is 1. The van der Waals surface area contributed by atoms with E-state index in [0.717, 1.165) is 24.8 Å². The van der Waals surface area contributed by atoms with Gasteiger partial charge in [-0.3, -0.25) is 9.59 Å². The van der Waals surface area contributed by atoms with Crippen LogP contribution in [0.5, 0.6) is 0 Å². The van der Waals surface area contributed by atoms with Crippen LogP contribution in [0.1, 0.15) is 44.2 Å². The summed E-state index contributed by atoms with van der Waals surface area (Å²) in [5, 5.41) is 4.12. The first-order chi connectivity index (χ1) is 14.5. The van der Waals surface area contributed by atoms with E-state index in [2.05, 4.69) is 28.5 Å². The molecule has 0 aliphatic carbocycles. The number of amides is 1. The maximum absolute atomic E-state index is 12.3. The minimum absolute atomic E-state index is 0.0146. The van der Waals surface area contributed by atoms with Crippen molar-refractivity contribution >= 4 is 22.8 Å². The lowest BCUT2D eigenvalue weighted by Gasteiger charge is -2.18. The van der Waals surface area contributed by atoms with Gasteiger partial charge in [-0.2, -0.15) is 0 Å². The van der Waals surface area contributed by atoms with E-state index in [9.17, 15) is 9.59 Å². The highest BCUT2D eigenvalue weighted by Gasteiger charge is 2.19. The summed E-state index contributed by atoms with van der Waals surface area (Å²) in [5.41, 5.74) is 3.53. The Morgan fingerprint density at radius 1 is 1.00 bits per heavy atom. The molecule has 0 unspecified atom stereocenters. The van der Waals surface area contributed by atoms with E-state index in [4.69, 9.17) is 4.74 Å². The van der Waals surface area contributed by atoms with Crippen LogP contribution < -0.4 is 5.32 Å². The van der Waals surface area contributed by atoms with Crippen LogP contribution in [0.25, 0.3) is 10.9 Å². The Hall–Kier alpha value is -3.08. The number of ether oxygens (including phenoxy) is 1. The van der Waals surface area contributed by atoms with Crippen LogP contribution >= 0.6 is 0 Å². The number of benzene rings is 2. The first kappa shape index (κ1) is 21.6. The summed E-state index contributed by atoms with van der Waals surface area (Å²) in [6, 6.07) is 18.3. The molecule has 30 heavy (non-hydrogen) atoms. The largest absolute Gasteiger partial charge is 0.453 e. The predicted molar refractivity (Wildman–Crippen MR) is 119 cm³/mol. The second kappa shape index (κ2) is 10.6. The second-order valence-electron chi connectivity index (χ2n) is 7.78. The average Bonchev–Trinajstić information content (AvgIpc) is 3.16. The molecule has 0 fully saturated rings. The van der Waals surface area contributed by atoms with Crippen molar-refractivity contribution in [2.45, 2.75) is 58.1 Å². The fourth-order valence-electron chi connectivity index (χ4n) is 3.53. The zero-order valence-electron chi connectivity index (χ0n) is 17.7. The maximum Gasteiger partial charge on any atom is 0.306 e. The Balaban J connectivity index is 1.36. The number of rotatable bonds is 10. The molecule has 3 rings (SSSR count). The van der Waals surface area contributed by atoms with E-state index in [1.807, 2.05) is 49.5 Å². The number of esters is 1. The van der Waals surface area contributed by atoms with E-state index < -0.39 is 6.10 Å². The molecule has 3 aromatic rings. The van der Waals surface area contributed by atoms with E-state index >= 15 is 0 Å². The lowest BCUT2D eigenvalue weighted by Crippen LogP contribution is -2.41. The third-order valence-corrected chi connectivity index (χ3v) is 5.28. The molecule has 0 saturated carbocycles. The number of hydrogen-bond donors (Lipinski definition) is 2. The van der Waals surface area contributed by atoms with E-state index in [-0.39, 0.29) is 17.9 Å². The molecule has 1 heterocycles. The van der Waals surface area contributed by atoms with Gasteiger partial charge in [0, 0.05) is 29.6 Å². The van der Waals surface area contributed by atoms with Crippen molar-refractivity contribution in [1.29, 1.82) is 0 Å². The zero-order chi connectivity index (χ0) is 21.3. The van der Waals surface area contributed by atoms with Gasteiger partial charge in [0.05, 0.1) is 0 Å². The van der Waals surface area contributed by atoms with Gasteiger partial charge in [-0.25, -0.2) is 0 Å². The number of carbonyl (C=O) groups excluding carboxylic acids is 2. The van der Waals surface area contributed by atoms with Crippen molar-refractivity contribution in [3.8, 4) is 0 Å². The predicted octanol–water partition coefficient (Wildman–Crippen LogP) is 4.56. The number of aromatic amines is 1. The van der Waals surface area contributed by atoms with Gasteiger partial charge in [-0.15, -0.1) is 0 Å². The molecule has 0 radical (unpaired) electrons. The highest BCUT2D eigenvalue weighted by molar-refractivity contribution is 5.84. The number of carbonyl (C=O) groups is 2. The fraction of sp³-hybridized carbons (Fsp3) is 0.360. The summed E-state index contributed by atoms with van der Waals surface area (Å²) < 4.78 is 5.32. The fourth-order valence-corrected chi connectivity index (χ4v) is 3.53. The Labute approximate surface area is 177 Å². The number of para-hydroxylation sites is 1. The lowest BCUT2D eigenvalue weighted by molar-refractivity contribution is -0.155. The second-order valence-corrected chi connectivity index (χ2v) is 7.78. The molecule has 0 spiro atoms. The molecule has 2 N–H and O–H groups in total. The Morgan fingerprint density at radius 3 is 2.53 bits per heavy atom. The van der Waals surface area contributed by atoms with Gasteiger partial charge in [0.15, 0.2) is 6.10 Å². The molecule has 0 aliphatic heterocycles. The summed E-state index contributed by atoms with van der Waals surface area (Å²) in [5.74, 6) is -0.588. The molecule has 5 heteroatoms. The molecular weight excluding hydrogens is 376 g/mol. The smallest absolute Gasteiger partial charge is 0.306 e. The van der Waals surface area contributed by atoms with Crippen molar-refractivity contribution < 1.29 is 14.3 Å². The quantitative estimate of drug-likeness (QED) is 0.485. The van der Waals surface area contributed by atoms with Crippen LogP contribution in [0, 0.1) is 0 Å².